The second kappa shape index (κ2) is 6.96. The van der Waals surface area contributed by atoms with E-state index in [2.05, 4.69) is 17.0 Å². The summed E-state index contributed by atoms with van der Waals surface area (Å²) in [6, 6.07) is 17.2. The third-order valence-corrected chi connectivity index (χ3v) is 5.37. The van der Waals surface area contributed by atoms with Gasteiger partial charge in [0, 0.05) is 44.2 Å². The molecule has 1 aliphatic heterocycles. The van der Waals surface area contributed by atoms with Crippen molar-refractivity contribution in [3.8, 4) is 0 Å². The molecule has 2 unspecified atom stereocenters. The molecule has 2 aromatic rings. The summed E-state index contributed by atoms with van der Waals surface area (Å²) in [5, 5.41) is 0. The van der Waals surface area contributed by atoms with Crippen LogP contribution in [0.15, 0.2) is 54.6 Å². The summed E-state index contributed by atoms with van der Waals surface area (Å²) in [4.78, 5) is 16.9. The van der Waals surface area contributed by atoms with Crippen molar-refractivity contribution < 1.29 is 9.18 Å². The molecule has 2 aromatic carbocycles. The topological polar surface area (TPSA) is 23.6 Å². The highest BCUT2D eigenvalue weighted by atomic mass is 19.1. The van der Waals surface area contributed by atoms with E-state index in [4.69, 9.17) is 0 Å². The van der Waals surface area contributed by atoms with E-state index >= 15 is 0 Å². The number of hydrogen-bond donors (Lipinski definition) is 0. The monoisotopic (exact) mass is 338 g/mol. The Kier molecular flexibility index (Phi) is 4.53. The van der Waals surface area contributed by atoms with E-state index in [0.717, 1.165) is 38.2 Å². The quantitative estimate of drug-likeness (QED) is 0.854. The van der Waals surface area contributed by atoms with Crippen molar-refractivity contribution in [2.24, 2.45) is 5.92 Å². The maximum atomic E-state index is 13.8. The van der Waals surface area contributed by atoms with Crippen LogP contribution in [-0.4, -0.2) is 41.9 Å². The Morgan fingerprint density at radius 3 is 2.36 bits per heavy atom. The second-order valence-electron chi connectivity index (χ2n) is 7.05. The molecule has 0 radical (unpaired) electrons. The average molecular weight is 338 g/mol. The first-order chi connectivity index (χ1) is 12.2. The predicted molar refractivity (Wildman–Crippen MR) is 95.5 cm³/mol. The van der Waals surface area contributed by atoms with Gasteiger partial charge in [-0.2, -0.15) is 0 Å². The first kappa shape index (κ1) is 16.3. The predicted octanol–water partition coefficient (Wildman–Crippen LogP) is 3.27. The zero-order chi connectivity index (χ0) is 17.2. The van der Waals surface area contributed by atoms with E-state index in [1.807, 2.05) is 35.2 Å². The van der Waals surface area contributed by atoms with Crippen LogP contribution in [0.2, 0.25) is 0 Å². The molecular formula is C21H23FN2O. The van der Waals surface area contributed by atoms with Crippen molar-refractivity contribution in [2.45, 2.75) is 18.9 Å². The molecule has 4 heteroatoms. The van der Waals surface area contributed by atoms with Crippen LogP contribution in [0.3, 0.4) is 0 Å². The molecule has 0 N–H and O–H groups in total. The number of rotatable bonds is 4. The Balaban J connectivity index is 1.29. The molecule has 2 fully saturated rings. The molecular weight excluding hydrogens is 315 g/mol. The molecule has 0 aromatic heterocycles. The molecule has 2 atom stereocenters. The minimum Gasteiger partial charge on any atom is -0.340 e. The summed E-state index contributed by atoms with van der Waals surface area (Å²) >= 11 is 0. The van der Waals surface area contributed by atoms with Gasteiger partial charge in [-0.15, -0.1) is 0 Å². The molecule has 1 amide bonds. The molecule has 0 spiro atoms. The molecule has 130 valence electrons. The van der Waals surface area contributed by atoms with Gasteiger partial charge < -0.3 is 4.90 Å². The third kappa shape index (κ3) is 3.59. The summed E-state index contributed by atoms with van der Waals surface area (Å²) < 4.78 is 13.8. The highest BCUT2D eigenvalue weighted by Crippen LogP contribution is 2.48. The number of halogens is 1. The van der Waals surface area contributed by atoms with Crippen LogP contribution < -0.4 is 0 Å². The zero-order valence-corrected chi connectivity index (χ0v) is 14.3. The molecule has 1 saturated heterocycles. The first-order valence-corrected chi connectivity index (χ1v) is 9.02. The number of nitrogens with zero attached hydrogens (tertiary/aromatic N) is 2. The fraction of sp³-hybridized carbons (Fsp3) is 0.381. The Bertz CT molecular complexity index is 741. The van der Waals surface area contributed by atoms with Crippen LogP contribution in [0.4, 0.5) is 4.39 Å². The van der Waals surface area contributed by atoms with Crippen LogP contribution in [0, 0.1) is 11.7 Å². The summed E-state index contributed by atoms with van der Waals surface area (Å²) in [6.45, 7) is 3.72. The van der Waals surface area contributed by atoms with Gasteiger partial charge in [0.15, 0.2) is 0 Å². The normalized spacial score (nSPS) is 23.5. The van der Waals surface area contributed by atoms with E-state index in [0.29, 0.717) is 18.4 Å². The summed E-state index contributed by atoms with van der Waals surface area (Å²) in [7, 11) is 0. The summed E-state index contributed by atoms with van der Waals surface area (Å²) in [5.74, 6) is 0.690. The van der Waals surface area contributed by atoms with Gasteiger partial charge in [-0.1, -0.05) is 48.5 Å². The van der Waals surface area contributed by atoms with Gasteiger partial charge in [0.25, 0.3) is 0 Å². The lowest BCUT2D eigenvalue weighted by atomic mass is 10.1. The van der Waals surface area contributed by atoms with Crippen LogP contribution in [0.1, 0.15) is 23.5 Å². The van der Waals surface area contributed by atoms with Crippen LogP contribution in [0.5, 0.6) is 0 Å². The van der Waals surface area contributed by atoms with Crippen LogP contribution in [0.25, 0.3) is 0 Å². The first-order valence-electron chi connectivity index (χ1n) is 9.02. The van der Waals surface area contributed by atoms with Gasteiger partial charge in [0.05, 0.1) is 0 Å². The second-order valence-corrected chi connectivity index (χ2v) is 7.05. The van der Waals surface area contributed by atoms with Gasteiger partial charge in [-0.05, 0) is 24.0 Å². The number of benzene rings is 2. The highest BCUT2D eigenvalue weighted by molar-refractivity contribution is 5.83. The number of carbonyl (C=O) groups excluding carboxylic acids is 1. The van der Waals surface area contributed by atoms with Gasteiger partial charge in [-0.25, -0.2) is 4.39 Å². The highest BCUT2D eigenvalue weighted by Gasteiger charge is 2.45. The van der Waals surface area contributed by atoms with E-state index in [-0.39, 0.29) is 11.7 Å². The van der Waals surface area contributed by atoms with E-state index in [1.54, 1.807) is 6.07 Å². The number of piperazine rings is 1. The lowest BCUT2D eigenvalue weighted by Crippen LogP contribution is -2.48. The largest absolute Gasteiger partial charge is 0.340 e. The smallest absolute Gasteiger partial charge is 0.226 e. The molecule has 0 bridgehead atoms. The van der Waals surface area contributed by atoms with Gasteiger partial charge in [0.2, 0.25) is 5.91 Å². The van der Waals surface area contributed by atoms with Crippen LogP contribution >= 0.6 is 0 Å². The van der Waals surface area contributed by atoms with Gasteiger partial charge in [0.1, 0.15) is 5.82 Å². The SMILES string of the molecule is O=C(C1CC1c1ccccc1)N1CCN(Cc2ccccc2F)CC1. The Morgan fingerprint density at radius 2 is 1.64 bits per heavy atom. The van der Waals surface area contributed by atoms with Gasteiger partial charge in [-0.3, -0.25) is 9.69 Å². The third-order valence-electron chi connectivity index (χ3n) is 5.37. The number of hydrogen-bond acceptors (Lipinski definition) is 2. The molecule has 1 heterocycles. The Labute approximate surface area is 148 Å². The zero-order valence-electron chi connectivity index (χ0n) is 14.3. The van der Waals surface area contributed by atoms with E-state index in [1.165, 1.54) is 11.6 Å². The van der Waals surface area contributed by atoms with Crippen molar-refractivity contribution in [2.75, 3.05) is 26.2 Å². The Morgan fingerprint density at radius 1 is 0.960 bits per heavy atom. The van der Waals surface area contributed by atoms with E-state index in [9.17, 15) is 9.18 Å². The number of amides is 1. The fourth-order valence-electron chi connectivity index (χ4n) is 3.76. The average Bonchev–Trinajstić information content (AvgIpc) is 3.45. The lowest BCUT2D eigenvalue weighted by Gasteiger charge is -2.35. The van der Waals surface area contributed by atoms with Crippen molar-refractivity contribution >= 4 is 5.91 Å². The van der Waals surface area contributed by atoms with Crippen LogP contribution in [-0.2, 0) is 11.3 Å². The summed E-state index contributed by atoms with van der Waals surface area (Å²) in [6.07, 6.45) is 0.971. The Hall–Kier alpha value is -2.20. The maximum Gasteiger partial charge on any atom is 0.226 e. The standard InChI is InChI=1S/C21H23FN2O/c22-20-9-5-4-8-17(20)15-23-10-12-24(13-11-23)21(25)19-14-18(19)16-6-2-1-3-7-16/h1-9,18-19H,10-15H2. The molecule has 1 aliphatic carbocycles. The molecule has 25 heavy (non-hydrogen) atoms. The molecule has 3 nitrogen and oxygen atoms in total. The molecule has 2 aliphatic rings. The fourth-order valence-corrected chi connectivity index (χ4v) is 3.76. The van der Waals surface area contributed by atoms with Crippen molar-refractivity contribution in [1.82, 2.24) is 9.80 Å². The lowest BCUT2D eigenvalue weighted by molar-refractivity contribution is -0.134. The van der Waals surface area contributed by atoms with Crippen molar-refractivity contribution in [3.05, 3.63) is 71.5 Å². The van der Waals surface area contributed by atoms with Gasteiger partial charge >= 0.3 is 0 Å². The van der Waals surface area contributed by atoms with Crippen molar-refractivity contribution in [1.29, 1.82) is 0 Å². The molecule has 4 rings (SSSR count). The number of carbonyl (C=O) groups is 1. The summed E-state index contributed by atoms with van der Waals surface area (Å²) in [5.41, 5.74) is 2.01. The minimum atomic E-state index is -0.148. The molecule has 1 saturated carbocycles. The minimum absolute atomic E-state index is 0.148. The van der Waals surface area contributed by atoms with E-state index < -0.39 is 0 Å². The maximum absolute atomic E-state index is 13.8. The van der Waals surface area contributed by atoms with Crippen molar-refractivity contribution in [3.63, 3.8) is 0 Å².